The molecule has 12 heteroatoms. The maximum Gasteiger partial charge on any atom is 0.259 e. The highest BCUT2D eigenvalue weighted by Crippen LogP contribution is 2.33. The number of aliphatic hydroxyl groups is 1. The molecule has 2 atom stereocenters. The van der Waals surface area contributed by atoms with Crippen molar-refractivity contribution < 1.29 is 18.7 Å². The van der Waals surface area contributed by atoms with Crippen molar-refractivity contribution in [3.63, 3.8) is 0 Å². The Bertz CT molecular complexity index is 1460. The Morgan fingerprint density at radius 2 is 1.76 bits per heavy atom. The second-order valence-corrected chi connectivity index (χ2v) is 11.9. The lowest BCUT2D eigenvalue weighted by molar-refractivity contribution is -0.0704. The molecule has 2 aliphatic rings. The normalized spacial score (nSPS) is 23.4. The van der Waals surface area contributed by atoms with E-state index in [1.807, 2.05) is 6.07 Å². The van der Waals surface area contributed by atoms with Crippen LogP contribution in [0.4, 0.5) is 21.2 Å². The summed E-state index contributed by atoms with van der Waals surface area (Å²) >= 11 is 1.35. The molecule has 3 aromatic heterocycles. The maximum absolute atomic E-state index is 14.2. The molecule has 1 saturated carbocycles. The number of morpholine rings is 1. The Labute approximate surface area is 242 Å². The van der Waals surface area contributed by atoms with E-state index in [0.717, 1.165) is 56.7 Å². The number of thiazole rings is 1. The van der Waals surface area contributed by atoms with E-state index in [1.165, 1.54) is 17.4 Å². The number of pyridine rings is 1. The van der Waals surface area contributed by atoms with Crippen molar-refractivity contribution in [1.29, 1.82) is 0 Å². The van der Waals surface area contributed by atoms with Gasteiger partial charge in [0.25, 0.3) is 11.8 Å². The molecule has 0 spiro atoms. The van der Waals surface area contributed by atoms with Crippen molar-refractivity contribution in [3.8, 4) is 22.2 Å². The molecule has 1 saturated heterocycles. The van der Waals surface area contributed by atoms with Gasteiger partial charge in [-0.25, -0.2) is 14.4 Å². The molecular formula is C29H34FN7O3S. The third-order valence-corrected chi connectivity index (χ3v) is 8.22. The van der Waals surface area contributed by atoms with Gasteiger partial charge in [-0.15, -0.1) is 10.2 Å². The van der Waals surface area contributed by atoms with E-state index in [1.54, 1.807) is 24.4 Å². The molecule has 1 aliphatic carbocycles. The van der Waals surface area contributed by atoms with Gasteiger partial charge in [0.15, 0.2) is 5.13 Å². The van der Waals surface area contributed by atoms with Gasteiger partial charge in [-0.3, -0.25) is 4.90 Å². The van der Waals surface area contributed by atoms with Crippen LogP contribution >= 0.6 is 11.3 Å². The number of aromatic nitrogens is 4. The van der Waals surface area contributed by atoms with Gasteiger partial charge in [-0.1, -0.05) is 23.5 Å². The molecule has 1 aliphatic heterocycles. The molecule has 0 amide bonds. The quantitative estimate of drug-likeness (QED) is 0.248. The Hall–Kier alpha value is -3.45. The second kappa shape index (κ2) is 12.2. The summed E-state index contributed by atoms with van der Waals surface area (Å²) in [6.45, 7) is 6.73. The number of rotatable bonds is 8. The number of aliphatic hydroxyl groups excluding tert-OH is 1. The Balaban J connectivity index is 1.21. The van der Waals surface area contributed by atoms with Crippen LogP contribution in [0.3, 0.4) is 0 Å². The van der Waals surface area contributed by atoms with Crippen molar-refractivity contribution in [2.24, 2.45) is 0 Å². The molecule has 0 bridgehead atoms. The smallest absolute Gasteiger partial charge is 0.259 e. The lowest BCUT2D eigenvalue weighted by Crippen LogP contribution is -2.44. The van der Waals surface area contributed by atoms with E-state index in [-0.39, 0.29) is 41.7 Å². The van der Waals surface area contributed by atoms with Crippen molar-refractivity contribution in [2.75, 3.05) is 23.7 Å². The molecule has 0 unspecified atom stereocenters. The molecule has 10 nitrogen and oxygen atoms in total. The summed E-state index contributed by atoms with van der Waals surface area (Å²) in [7, 11) is 0. The van der Waals surface area contributed by atoms with Gasteiger partial charge in [0.05, 0.1) is 30.1 Å². The van der Waals surface area contributed by atoms with Crippen LogP contribution in [0.5, 0.6) is 0 Å². The minimum absolute atomic E-state index is 0.119. The van der Waals surface area contributed by atoms with Gasteiger partial charge in [-0.05, 0) is 69.4 Å². The monoisotopic (exact) mass is 579 g/mol. The first-order chi connectivity index (χ1) is 19.9. The number of nitrogens with one attached hydrogen (secondary N) is 2. The first-order valence-electron chi connectivity index (χ1n) is 14.0. The molecular weight excluding hydrogens is 545 g/mol. The number of hydrogen-bond acceptors (Lipinski definition) is 11. The molecule has 0 radical (unpaired) electrons. The van der Waals surface area contributed by atoms with Crippen LogP contribution in [0.2, 0.25) is 0 Å². The zero-order valence-corrected chi connectivity index (χ0v) is 23.9. The summed E-state index contributed by atoms with van der Waals surface area (Å²) in [6, 6.07) is 10.7. The van der Waals surface area contributed by atoms with Gasteiger partial charge in [0, 0.05) is 25.7 Å². The molecule has 3 N–H and O–H groups in total. The highest BCUT2D eigenvalue weighted by molar-refractivity contribution is 7.18. The van der Waals surface area contributed by atoms with Crippen molar-refractivity contribution in [2.45, 2.75) is 70.4 Å². The molecule has 6 rings (SSSR count). The zero-order valence-electron chi connectivity index (χ0n) is 23.1. The highest BCUT2D eigenvalue weighted by atomic mass is 32.1. The number of hydrogen-bond donors (Lipinski definition) is 3. The lowest BCUT2D eigenvalue weighted by atomic mass is 9.93. The summed E-state index contributed by atoms with van der Waals surface area (Å²) in [5.41, 5.74) is 1.39. The van der Waals surface area contributed by atoms with Crippen LogP contribution in [0.1, 0.15) is 45.1 Å². The summed E-state index contributed by atoms with van der Waals surface area (Å²) in [4.78, 5) is 12.4. The third kappa shape index (κ3) is 6.89. The largest absolute Gasteiger partial charge is 0.415 e. The lowest BCUT2D eigenvalue weighted by Gasteiger charge is -2.35. The average molecular weight is 580 g/mol. The topological polar surface area (TPSA) is 121 Å². The van der Waals surface area contributed by atoms with Gasteiger partial charge < -0.3 is 24.9 Å². The summed E-state index contributed by atoms with van der Waals surface area (Å²) in [5.74, 6) is 1.44. The third-order valence-electron chi connectivity index (χ3n) is 7.32. The predicted molar refractivity (Wildman–Crippen MR) is 155 cm³/mol. The predicted octanol–water partition coefficient (Wildman–Crippen LogP) is 5.46. The zero-order chi connectivity index (χ0) is 28.3. The number of nitrogens with zero attached hydrogens (tertiary/aromatic N) is 5. The van der Waals surface area contributed by atoms with E-state index in [0.29, 0.717) is 15.8 Å². The molecule has 4 heterocycles. The Kier molecular flexibility index (Phi) is 8.24. The standard InChI is InChI=1S/C29H34FN7O3S/c1-17-14-37(15-18(2)39-17)16-19-11-25(32-20-7-9-21(38)10-8-20)33-26(12-19)34-29-31-13-24(41-29)28-36-35-27(40-28)22-5-3-4-6-23(22)30/h3-6,11-13,17-18,20-21,38H,7-10,14-16H2,1-2H3,(H2,31,32,33,34)/t17-,18+,20?,21?. The number of halogens is 1. The molecule has 1 aromatic carbocycles. The van der Waals surface area contributed by atoms with Crippen LogP contribution in [-0.2, 0) is 11.3 Å². The molecule has 4 aromatic rings. The van der Waals surface area contributed by atoms with Crippen LogP contribution in [0.15, 0.2) is 47.0 Å². The Morgan fingerprint density at radius 1 is 1.02 bits per heavy atom. The van der Waals surface area contributed by atoms with E-state index < -0.39 is 5.82 Å². The van der Waals surface area contributed by atoms with E-state index in [4.69, 9.17) is 14.1 Å². The second-order valence-electron chi connectivity index (χ2n) is 10.9. The van der Waals surface area contributed by atoms with Gasteiger partial charge >= 0.3 is 0 Å². The first-order valence-corrected chi connectivity index (χ1v) is 14.8. The SMILES string of the molecule is C[C@@H]1CN(Cc2cc(Nc3ncc(-c4nnc(-c5ccccc5F)o4)s3)nc(NC3CCC(O)CC3)c2)C[C@H](C)O1. The fourth-order valence-corrected chi connectivity index (χ4v) is 6.27. The van der Waals surface area contributed by atoms with Gasteiger partial charge in [0.2, 0.25) is 0 Å². The summed E-state index contributed by atoms with van der Waals surface area (Å²) in [6.07, 6.45) is 5.20. The Morgan fingerprint density at radius 3 is 2.54 bits per heavy atom. The van der Waals surface area contributed by atoms with Gasteiger partial charge in [0.1, 0.15) is 22.3 Å². The number of anilines is 3. The van der Waals surface area contributed by atoms with E-state index >= 15 is 0 Å². The van der Waals surface area contributed by atoms with Crippen molar-refractivity contribution in [3.05, 3.63) is 54.0 Å². The first kappa shape index (κ1) is 27.7. The summed E-state index contributed by atoms with van der Waals surface area (Å²) in [5, 5.41) is 25.6. The molecule has 216 valence electrons. The minimum Gasteiger partial charge on any atom is -0.415 e. The molecule has 2 fully saturated rings. The van der Waals surface area contributed by atoms with Crippen molar-refractivity contribution in [1.82, 2.24) is 25.1 Å². The number of benzene rings is 1. The van der Waals surface area contributed by atoms with E-state index in [2.05, 4.69) is 50.6 Å². The van der Waals surface area contributed by atoms with Crippen LogP contribution in [0.25, 0.3) is 22.2 Å². The maximum atomic E-state index is 14.2. The average Bonchev–Trinajstić information content (AvgIpc) is 3.60. The minimum atomic E-state index is -0.421. The van der Waals surface area contributed by atoms with Crippen LogP contribution in [-0.4, -0.2) is 67.6 Å². The fourth-order valence-electron chi connectivity index (χ4n) is 5.52. The molecule has 41 heavy (non-hydrogen) atoms. The van der Waals surface area contributed by atoms with Gasteiger partial charge in [-0.2, -0.15) is 0 Å². The van der Waals surface area contributed by atoms with Crippen LogP contribution in [0, 0.1) is 5.82 Å². The fraction of sp³-hybridized carbons (Fsp3) is 0.448. The van der Waals surface area contributed by atoms with Crippen LogP contribution < -0.4 is 10.6 Å². The van der Waals surface area contributed by atoms with Crippen molar-refractivity contribution >= 4 is 28.1 Å². The van der Waals surface area contributed by atoms with E-state index in [9.17, 15) is 9.50 Å². The number of ether oxygens (including phenoxy) is 1. The summed E-state index contributed by atoms with van der Waals surface area (Å²) < 4.78 is 25.8. The highest BCUT2D eigenvalue weighted by Gasteiger charge is 2.24.